The van der Waals surface area contributed by atoms with Gasteiger partial charge in [0.1, 0.15) is 5.82 Å². The molecule has 0 unspecified atom stereocenters. The van der Waals surface area contributed by atoms with Gasteiger partial charge in [-0.1, -0.05) is 23.9 Å². The average Bonchev–Trinajstić information content (AvgIpc) is 3.04. The second-order valence-corrected chi connectivity index (χ2v) is 6.40. The van der Waals surface area contributed by atoms with Gasteiger partial charge < -0.3 is 4.42 Å². The third-order valence-corrected chi connectivity index (χ3v) is 4.46. The zero-order chi connectivity index (χ0) is 17.1. The highest BCUT2D eigenvalue weighted by atomic mass is 32.2. The first kappa shape index (κ1) is 16.2. The number of nitro benzene ring substituents is 1. The fraction of sp³-hybridized carbons (Fsp3) is 0.118. The van der Waals surface area contributed by atoms with Crippen LogP contribution in [0.5, 0.6) is 0 Å². The molecule has 0 aliphatic carbocycles. The van der Waals surface area contributed by atoms with Crippen LogP contribution in [-0.2, 0) is 0 Å². The van der Waals surface area contributed by atoms with Gasteiger partial charge in [-0.2, -0.15) is 0 Å². The van der Waals surface area contributed by atoms with Crippen molar-refractivity contribution in [3.05, 3.63) is 76.2 Å². The van der Waals surface area contributed by atoms with Gasteiger partial charge in [0.2, 0.25) is 0 Å². The van der Waals surface area contributed by atoms with E-state index in [1.807, 2.05) is 13.0 Å². The van der Waals surface area contributed by atoms with Gasteiger partial charge in [0, 0.05) is 22.9 Å². The van der Waals surface area contributed by atoms with Crippen molar-refractivity contribution in [2.45, 2.75) is 17.4 Å². The van der Waals surface area contributed by atoms with E-state index in [4.69, 9.17) is 4.42 Å². The molecule has 0 fully saturated rings. The van der Waals surface area contributed by atoms with Crippen molar-refractivity contribution < 1.29 is 13.7 Å². The van der Waals surface area contributed by atoms with Gasteiger partial charge in [0.25, 0.3) is 10.9 Å². The molecule has 0 N–H and O–H groups in total. The Bertz CT molecular complexity index is 864. The van der Waals surface area contributed by atoms with Crippen LogP contribution >= 0.6 is 11.8 Å². The first-order valence-electron chi connectivity index (χ1n) is 7.16. The summed E-state index contributed by atoms with van der Waals surface area (Å²) in [5.41, 5.74) is 1.61. The van der Waals surface area contributed by atoms with Gasteiger partial charge in [-0.3, -0.25) is 10.1 Å². The van der Waals surface area contributed by atoms with Crippen molar-refractivity contribution in [3.63, 3.8) is 0 Å². The molecule has 0 saturated carbocycles. The number of non-ortho nitro benzene ring substituents is 1. The van der Waals surface area contributed by atoms with E-state index in [1.54, 1.807) is 30.5 Å². The summed E-state index contributed by atoms with van der Waals surface area (Å²) >= 11 is 1.36. The second kappa shape index (κ2) is 6.84. The summed E-state index contributed by atoms with van der Waals surface area (Å²) in [6.07, 6.45) is 1.58. The van der Waals surface area contributed by atoms with Crippen LogP contribution in [0.3, 0.4) is 0 Å². The SMILES string of the molecule is C[C@H](Sc1ncc(-c2ccc(F)cc2)o1)c1cccc([N+](=O)[O-])c1. The van der Waals surface area contributed by atoms with Crippen molar-refractivity contribution >= 4 is 17.4 Å². The van der Waals surface area contributed by atoms with Gasteiger partial charge in [-0.25, -0.2) is 9.37 Å². The highest BCUT2D eigenvalue weighted by molar-refractivity contribution is 7.99. The van der Waals surface area contributed by atoms with Crippen molar-refractivity contribution in [2.75, 3.05) is 0 Å². The molecule has 3 rings (SSSR count). The number of halogens is 1. The van der Waals surface area contributed by atoms with Gasteiger partial charge in [-0.15, -0.1) is 0 Å². The molecule has 0 spiro atoms. The molecule has 122 valence electrons. The number of oxazole rings is 1. The largest absolute Gasteiger partial charge is 0.431 e. The van der Waals surface area contributed by atoms with Crippen molar-refractivity contribution in [1.82, 2.24) is 4.98 Å². The summed E-state index contributed by atoms with van der Waals surface area (Å²) in [5.74, 6) is 0.232. The molecule has 1 aromatic heterocycles. The van der Waals surface area contributed by atoms with E-state index < -0.39 is 4.92 Å². The van der Waals surface area contributed by atoms with Crippen LogP contribution < -0.4 is 0 Å². The van der Waals surface area contributed by atoms with Crippen molar-refractivity contribution in [1.29, 1.82) is 0 Å². The Morgan fingerprint density at radius 3 is 2.71 bits per heavy atom. The summed E-state index contributed by atoms with van der Waals surface area (Å²) < 4.78 is 18.6. The van der Waals surface area contributed by atoms with E-state index in [0.717, 1.165) is 11.1 Å². The number of hydrogen-bond donors (Lipinski definition) is 0. The molecular formula is C17H13FN2O3S. The zero-order valence-corrected chi connectivity index (χ0v) is 13.5. The van der Waals surface area contributed by atoms with Crippen LogP contribution in [0.25, 0.3) is 11.3 Å². The maximum Gasteiger partial charge on any atom is 0.269 e. The van der Waals surface area contributed by atoms with E-state index in [9.17, 15) is 14.5 Å². The van der Waals surface area contributed by atoms with Crippen molar-refractivity contribution in [3.8, 4) is 11.3 Å². The fourth-order valence-electron chi connectivity index (χ4n) is 2.17. The summed E-state index contributed by atoms with van der Waals surface area (Å²) in [4.78, 5) is 14.6. The Balaban J connectivity index is 1.75. The number of hydrogen-bond acceptors (Lipinski definition) is 5. The van der Waals surface area contributed by atoms with Gasteiger partial charge in [-0.05, 0) is 36.8 Å². The normalized spacial score (nSPS) is 12.1. The second-order valence-electron chi connectivity index (χ2n) is 5.11. The maximum absolute atomic E-state index is 13.0. The molecule has 1 heterocycles. The maximum atomic E-state index is 13.0. The number of rotatable bonds is 5. The van der Waals surface area contributed by atoms with Gasteiger partial charge in [0.05, 0.1) is 11.1 Å². The van der Waals surface area contributed by atoms with E-state index in [-0.39, 0.29) is 16.8 Å². The standard InChI is InChI=1S/C17H13FN2O3S/c1-11(13-3-2-4-15(9-13)20(21)22)24-17-19-10-16(23-17)12-5-7-14(18)8-6-12/h2-11H,1H3/t11-/m0/s1. The summed E-state index contributed by atoms with van der Waals surface area (Å²) in [7, 11) is 0. The Hall–Kier alpha value is -2.67. The lowest BCUT2D eigenvalue weighted by atomic mass is 10.1. The Labute approximate surface area is 141 Å². The van der Waals surface area contributed by atoms with E-state index in [1.165, 1.54) is 30.0 Å². The topological polar surface area (TPSA) is 69.2 Å². The molecule has 24 heavy (non-hydrogen) atoms. The van der Waals surface area contributed by atoms with Crippen LogP contribution in [-0.4, -0.2) is 9.91 Å². The minimum Gasteiger partial charge on any atom is -0.431 e. The Morgan fingerprint density at radius 2 is 2.00 bits per heavy atom. The van der Waals surface area contributed by atoms with Crippen LogP contribution in [0.15, 0.2) is 64.4 Å². The molecule has 2 aromatic carbocycles. The summed E-state index contributed by atoms with van der Waals surface area (Å²) in [5, 5.41) is 11.2. The summed E-state index contributed by atoms with van der Waals surface area (Å²) in [6, 6.07) is 12.4. The molecule has 1 atom stereocenters. The number of aromatic nitrogens is 1. The smallest absolute Gasteiger partial charge is 0.269 e. The molecule has 5 nitrogen and oxygen atoms in total. The van der Waals surface area contributed by atoms with E-state index in [2.05, 4.69) is 4.98 Å². The minimum absolute atomic E-state index is 0.0550. The Kier molecular flexibility index (Phi) is 4.61. The number of benzene rings is 2. The minimum atomic E-state index is -0.418. The van der Waals surface area contributed by atoms with Crippen LogP contribution in [0, 0.1) is 15.9 Å². The molecule has 0 bridgehead atoms. The lowest BCUT2D eigenvalue weighted by Gasteiger charge is -2.08. The van der Waals surface area contributed by atoms with Crippen LogP contribution in [0.2, 0.25) is 0 Å². The predicted octanol–water partition coefficient (Wildman–Crippen LogP) is 5.24. The Morgan fingerprint density at radius 1 is 1.25 bits per heavy atom. The molecular weight excluding hydrogens is 331 g/mol. The lowest BCUT2D eigenvalue weighted by Crippen LogP contribution is -1.92. The third-order valence-electron chi connectivity index (χ3n) is 3.44. The molecule has 0 amide bonds. The molecule has 3 aromatic rings. The first-order valence-corrected chi connectivity index (χ1v) is 8.03. The molecule has 7 heteroatoms. The van der Waals surface area contributed by atoms with Gasteiger partial charge in [0.15, 0.2) is 5.76 Å². The number of thioether (sulfide) groups is 1. The fourth-order valence-corrected chi connectivity index (χ4v) is 3.01. The van der Waals surface area contributed by atoms with E-state index >= 15 is 0 Å². The van der Waals surface area contributed by atoms with Gasteiger partial charge >= 0.3 is 0 Å². The molecule has 0 saturated heterocycles. The zero-order valence-electron chi connectivity index (χ0n) is 12.7. The molecule has 0 aliphatic heterocycles. The lowest BCUT2D eigenvalue weighted by molar-refractivity contribution is -0.384. The average molecular weight is 344 g/mol. The summed E-state index contributed by atoms with van der Waals surface area (Å²) in [6.45, 7) is 1.92. The number of nitrogens with zero attached hydrogens (tertiary/aromatic N) is 2. The quantitative estimate of drug-likeness (QED) is 0.359. The first-order chi connectivity index (χ1) is 11.5. The predicted molar refractivity (Wildman–Crippen MR) is 89.3 cm³/mol. The highest BCUT2D eigenvalue weighted by Crippen LogP contribution is 2.36. The van der Waals surface area contributed by atoms with Crippen molar-refractivity contribution in [2.24, 2.45) is 0 Å². The van der Waals surface area contributed by atoms with Crippen LogP contribution in [0.4, 0.5) is 10.1 Å². The monoisotopic (exact) mass is 344 g/mol. The third kappa shape index (κ3) is 3.62. The van der Waals surface area contributed by atoms with E-state index in [0.29, 0.717) is 11.0 Å². The molecule has 0 aliphatic rings. The molecule has 0 radical (unpaired) electrons. The highest BCUT2D eigenvalue weighted by Gasteiger charge is 2.15. The number of nitro groups is 1. The van der Waals surface area contributed by atoms with Crippen LogP contribution in [0.1, 0.15) is 17.7 Å².